The van der Waals surface area contributed by atoms with Gasteiger partial charge in [0.1, 0.15) is 6.54 Å². The lowest BCUT2D eigenvalue weighted by molar-refractivity contribution is -0.119. The van der Waals surface area contributed by atoms with Crippen LogP contribution in [0.25, 0.3) is 0 Å². The molecule has 8 heteroatoms. The SMILES string of the molecule is Cc1ccc(N(CC(=O)NCc2ccc(CN3CCOCC3)cc2)S(C)(=O)=O)c(C)c1. The van der Waals surface area contributed by atoms with Crippen LogP contribution in [0.3, 0.4) is 0 Å². The molecule has 0 unspecified atom stereocenters. The summed E-state index contributed by atoms with van der Waals surface area (Å²) >= 11 is 0. The molecule has 2 aromatic carbocycles. The van der Waals surface area contributed by atoms with Gasteiger partial charge in [-0.15, -0.1) is 0 Å². The number of nitrogens with one attached hydrogen (secondary N) is 1. The fraction of sp³-hybridized carbons (Fsp3) is 0.435. The van der Waals surface area contributed by atoms with Crippen LogP contribution in [0.2, 0.25) is 0 Å². The first kappa shape index (κ1) is 23.2. The average Bonchev–Trinajstić information content (AvgIpc) is 2.72. The summed E-state index contributed by atoms with van der Waals surface area (Å²) < 4.78 is 31.2. The number of hydrogen-bond acceptors (Lipinski definition) is 5. The zero-order valence-electron chi connectivity index (χ0n) is 18.4. The van der Waals surface area contributed by atoms with Crippen LogP contribution < -0.4 is 9.62 Å². The van der Waals surface area contributed by atoms with Crippen molar-refractivity contribution < 1.29 is 17.9 Å². The van der Waals surface area contributed by atoms with Crippen LogP contribution in [0.4, 0.5) is 5.69 Å². The number of morpholine rings is 1. The zero-order chi connectivity index (χ0) is 22.4. The standard InChI is InChI=1S/C23H31N3O4S/c1-18-4-9-22(19(2)14-18)26(31(3,28)29)17-23(27)24-15-20-5-7-21(8-6-20)16-25-10-12-30-13-11-25/h4-9,14H,10-13,15-17H2,1-3H3,(H,24,27). The van der Waals surface area contributed by atoms with Crippen molar-refractivity contribution in [2.24, 2.45) is 0 Å². The minimum absolute atomic E-state index is 0.252. The molecule has 0 aliphatic carbocycles. The smallest absolute Gasteiger partial charge is 0.241 e. The molecule has 1 aliphatic heterocycles. The van der Waals surface area contributed by atoms with Crippen molar-refractivity contribution in [3.63, 3.8) is 0 Å². The molecule has 3 rings (SSSR count). The molecule has 1 aliphatic rings. The van der Waals surface area contributed by atoms with Crippen molar-refractivity contribution in [3.8, 4) is 0 Å². The second kappa shape index (κ2) is 10.3. The fourth-order valence-corrected chi connectivity index (χ4v) is 4.55. The molecule has 1 heterocycles. The summed E-state index contributed by atoms with van der Waals surface area (Å²) in [4.78, 5) is 14.9. The second-order valence-corrected chi connectivity index (χ2v) is 9.95. The number of amides is 1. The number of anilines is 1. The Labute approximate surface area is 185 Å². The molecule has 2 aromatic rings. The molecule has 1 amide bonds. The maximum Gasteiger partial charge on any atom is 0.241 e. The highest BCUT2D eigenvalue weighted by Gasteiger charge is 2.22. The van der Waals surface area contributed by atoms with Gasteiger partial charge in [0.15, 0.2) is 0 Å². The third-order valence-electron chi connectivity index (χ3n) is 5.33. The van der Waals surface area contributed by atoms with Crippen LogP contribution in [-0.2, 0) is 32.6 Å². The number of benzene rings is 2. The van der Waals surface area contributed by atoms with Crippen LogP contribution in [0.15, 0.2) is 42.5 Å². The summed E-state index contributed by atoms with van der Waals surface area (Å²) in [6, 6.07) is 13.6. The lowest BCUT2D eigenvalue weighted by atomic mass is 10.1. The van der Waals surface area contributed by atoms with E-state index < -0.39 is 10.0 Å². The lowest BCUT2D eigenvalue weighted by Gasteiger charge is -2.26. The van der Waals surface area contributed by atoms with Crippen molar-refractivity contribution in [3.05, 3.63) is 64.7 Å². The Morgan fingerprint density at radius 2 is 1.71 bits per heavy atom. The predicted octanol–water partition coefficient (Wildman–Crippen LogP) is 2.22. The first-order chi connectivity index (χ1) is 14.7. The van der Waals surface area contributed by atoms with Crippen LogP contribution in [0.1, 0.15) is 22.3 Å². The van der Waals surface area contributed by atoms with E-state index in [1.165, 1.54) is 5.56 Å². The maximum atomic E-state index is 12.5. The van der Waals surface area contributed by atoms with E-state index in [0.717, 1.165) is 60.1 Å². The number of nitrogens with zero attached hydrogens (tertiary/aromatic N) is 2. The molecule has 31 heavy (non-hydrogen) atoms. The van der Waals surface area contributed by atoms with Crippen LogP contribution in [-0.4, -0.2) is 58.3 Å². The van der Waals surface area contributed by atoms with Gasteiger partial charge in [-0.2, -0.15) is 0 Å². The van der Waals surface area contributed by atoms with Crippen molar-refractivity contribution in [1.82, 2.24) is 10.2 Å². The molecule has 0 bridgehead atoms. The number of hydrogen-bond donors (Lipinski definition) is 1. The van der Waals surface area contributed by atoms with Gasteiger partial charge in [-0.05, 0) is 36.6 Å². The molecule has 1 fully saturated rings. The number of carbonyl (C=O) groups excluding carboxylic acids is 1. The summed E-state index contributed by atoms with van der Waals surface area (Å²) in [5, 5.41) is 2.83. The number of sulfonamides is 1. The highest BCUT2D eigenvalue weighted by molar-refractivity contribution is 7.92. The van der Waals surface area contributed by atoms with Gasteiger partial charge < -0.3 is 10.1 Å². The van der Waals surface area contributed by atoms with Crippen molar-refractivity contribution >= 4 is 21.6 Å². The number of ether oxygens (including phenoxy) is 1. The molecule has 0 spiro atoms. The second-order valence-electron chi connectivity index (χ2n) is 8.04. The molecule has 7 nitrogen and oxygen atoms in total. The molecule has 0 radical (unpaired) electrons. The Morgan fingerprint density at radius 3 is 2.32 bits per heavy atom. The molecule has 1 saturated heterocycles. The van der Waals surface area contributed by atoms with Gasteiger partial charge in [0.2, 0.25) is 15.9 Å². The summed E-state index contributed by atoms with van der Waals surface area (Å²) in [6.45, 7) is 8.20. The van der Waals surface area contributed by atoms with E-state index in [0.29, 0.717) is 12.2 Å². The third kappa shape index (κ3) is 6.78. The molecular formula is C23H31N3O4S. The van der Waals surface area contributed by atoms with Gasteiger partial charge in [0, 0.05) is 26.2 Å². The zero-order valence-corrected chi connectivity index (χ0v) is 19.2. The third-order valence-corrected chi connectivity index (χ3v) is 6.46. The minimum atomic E-state index is -3.59. The van der Waals surface area contributed by atoms with E-state index >= 15 is 0 Å². The average molecular weight is 446 g/mol. The lowest BCUT2D eigenvalue weighted by Crippen LogP contribution is -2.40. The van der Waals surface area contributed by atoms with E-state index in [-0.39, 0.29) is 12.5 Å². The van der Waals surface area contributed by atoms with Crippen LogP contribution >= 0.6 is 0 Å². The van der Waals surface area contributed by atoms with Gasteiger partial charge in [-0.1, -0.05) is 42.0 Å². The minimum Gasteiger partial charge on any atom is -0.379 e. The highest BCUT2D eigenvalue weighted by atomic mass is 32.2. The first-order valence-electron chi connectivity index (χ1n) is 10.4. The molecule has 168 valence electrons. The fourth-order valence-electron chi connectivity index (χ4n) is 3.63. The number of rotatable bonds is 8. The highest BCUT2D eigenvalue weighted by Crippen LogP contribution is 2.23. The summed E-state index contributed by atoms with van der Waals surface area (Å²) in [5.74, 6) is -0.345. The Kier molecular flexibility index (Phi) is 7.69. The topological polar surface area (TPSA) is 79.0 Å². The number of aryl methyl sites for hydroxylation is 2. The van der Waals surface area contributed by atoms with E-state index in [4.69, 9.17) is 4.74 Å². The molecule has 0 atom stereocenters. The van der Waals surface area contributed by atoms with Crippen molar-refractivity contribution in [1.29, 1.82) is 0 Å². The Morgan fingerprint density at radius 1 is 1.06 bits per heavy atom. The monoisotopic (exact) mass is 445 g/mol. The first-order valence-corrected chi connectivity index (χ1v) is 12.3. The molecule has 1 N–H and O–H groups in total. The normalized spacial score (nSPS) is 14.9. The summed E-state index contributed by atoms with van der Waals surface area (Å²) in [7, 11) is -3.59. The van der Waals surface area contributed by atoms with E-state index in [1.54, 1.807) is 6.07 Å². The summed E-state index contributed by atoms with van der Waals surface area (Å²) in [5.41, 5.74) is 4.56. The quantitative estimate of drug-likeness (QED) is 0.674. The molecule has 0 saturated carbocycles. The van der Waals surface area contributed by atoms with E-state index in [2.05, 4.69) is 22.3 Å². The van der Waals surface area contributed by atoms with Gasteiger partial charge in [-0.25, -0.2) is 8.42 Å². The Hall–Kier alpha value is -2.42. The van der Waals surface area contributed by atoms with E-state index in [1.807, 2.05) is 38.1 Å². The molecule has 0 aromatic heterocycles. The Balaban J connectivity index is 1.57. The largest absolute Gasteiger partial charge is 0.379 e. The Bertz CT molecular complexity index is 1000. The van der Waals surface area contributed by atoms with Gasteiger partial charge in [0.05, 0.1) is 25.2 Å². The van der Waals surface area contributed by atoms with Crippen LogP contribution in [0, 0.1) is 13.8 Å². The maximum absolute atomic E-state index is 12.5. The predicted molar refractivity (Wildman–Crippen MR) is 122 cm³/mol. The summed E-state index contributed by atoms with van der Waals surface area (Å²) in [6.07, 6.45) is 1.12. The van der Waals surface area contributed by atoms with Crippen molar-refractivity contribution in [2.75, 3.05) is 43.4 Å². The van der Waals surface area contributed by atoms with Gasteiger partial charge in [-0.3, -0.25) is 14.0 Å². The van der Waals surface area contributed by atoms with Crippen molar-refractivity contribution in [2.45, 2.75) is 26.9 Å². The van der Waals surface area contributed by atoms with Crippen LogP contribution in [0.5, 0.6) is 0 Å². The number of carbonyl (C=O) groups is 1. The molecular weight excluding hydrogens is 414 g/mol. The van der Waals surface area contributed by atoms with E-state index in [9.17, 15) is 13.2 Å². The van der Waals surface area contributed by atoms with Gasteiger partial charge in [0.25, 0.3) is 0 Å². The van der Waals surface area contributed by atoms with Gasteiger partial charge >= 0.3 is 0 Å².